The topological polar surface area (TPSA) is 66.6 Å². The minimum atomic E-state index is 0.0371. The molecule has 1 aliphatic rings. The van der Waals surface area contributed by atoms with Crippen LogP contribution in [0.1, 0.15) is 24.8 Å². The molecule has 108 valence electrons. The van der Waals surface area contributed by atoms with Crippen molar-refractivity contribution in [1.29, 1.82) is 0 Å². The van der Waals surface area contributed by atoms with Gasteiger partial charge in [0.1, 0.15) is 0 Å². The number of carbonyl (C=O) groups is 1. The summed E-state index contributed by atoms with van der Waals surface area (Å²) >= 11 is 0. The van der Waals surface area contributed by atoms with Crippen molar-refractivity contribution in [2.75, 3.05) is 25.4 Å². The number of amides is 1. The summed E-state index contributed by atoms with van der Waals surface area (Å²) in [6.45, 7) is 1.76. The molecule has 1 saturated heterocycles. The molecule has 1 fully saturated rings. The molecule has 1 aromatic rings. The summed E-state index contributed by atoms with van der Waals surface area (Å²) < 4.78 is 0. The molecule has 1 unspecified atom stereocenters. The average molecular weight is 274 g/mol. The van der Waals surface area contributed by atoms with Crippen molar-refractivity contribution in [2.45, 2.75) is 19.3 Å². The molecule has 1 aliphatic heterocycles. The molecule has 0 aromatic heterocycles. The Labute approximate surface area is 119 Å². The van der Waals surface area contributed by atoms with E-state index in [0.717, 1.165) is 37.9 Å². The van der Waals surface area contributed by atoms with Crippen molar-refractivity contribution in [2.24, 2.45) is 5.92 Å². The Balaban J connectivity index is 1.94. The number of carbonyl (C=O) groups excluding carboxylic acids is 1. The van der Waals surface area contributed by atoms with Gasteiger partial charge in [-0.3, -0.25) is 4.79 Å². The van der Waals surface area contributed by atoms with Gasteiger partial charge in [0.15, 0.2) is 0 Å². The molecule has 3 N–H and O–H groups in total. The van der Waals surface area contributed by atoms with Gasteiger partial charge < -0.3 is 15.7 Å². The van der Waals surface area contributed by atoms with Gasteiger partial charge in [0.25, 0.3) is 0 Å². The lowest BCUT2D eigenvalue weighted by Gasteiger charge is -2.31. The average Bonchev–Trinajstić information content (AvgIpc) is 2.45. The molecule has 1 atom stereocenters. The van der Waals surface area contributed by atoms with Gasteiger partial charge in [-0.2, -0.15) is 0 Å². The smallest absolute Gasteiger partial charge is 0.246 e. The number of hydrogen-bond acceptors (Lipinski definition) is 3. The molecule has 1 amide bonds. The highest BCUT2D eigenvalue weighted by atomic mass is 16.3. The Morgan fingerprint density at radius 2 is 2.35 bits per heavy atom. The second-order valence-corrected chi connectivity index (χ2v) is 5.31. The van der Waals surface area contributed by atoms with Crippen LogP contribution in [0.2, 0.25) is 0 Å². The van der Waals surface area contributed by atoms with E-state index < -0.39 is 0 Å². The molecular weight excluding hydrogens is 252 g/mol. The number of nitrogens with zero attached hydrogens (tertiary/aromatic N) is 1. The number of hydrogen-bond donors (Lipinski definition) is 2. The Kier molecular flexibility index (Phi) is 5.18. The first-order valence-electron chi connectivity index (χ1n) is 7.12. The van der Waals surface area contributed by atoms with E-state index in [1.807, 2.05) is 29.2 Å². The molecule has 0 aliphatic carbocycles. The summed E-state index contributed by atoms with van der Waals surface area (Å²) in [5, 5.41) is 8.99. The monoisotopic (exact) mass is 274 g/mol. The molecular formula is C16H22N2O2. The second kappa shape index (κ2) is 7.10. The Morgan fingerprint density at radius 3 is 3.10 bits per heavy atom. The summed E-state index contributed by atoms with van der Waals surface area (Å²) in [4.78, 5) is 14.0. The molecule has 0 radical (unpaired) electrons. The number of aliphatic hydroxyl groups excluding tert-OH is 1. The van der Waals surface area contributed by atoms with Gasteiger partial charge in [-0.15, -0.1) is 0 Å². The van der Waals surface area contributed by atoms with Gasteiger partial charge in [0.05, 0.1) is 0 Å². The van der Waals surface area contributed by atoms with Crippen LogP contribution in [0.15, 0.2) is 30.3 Å². The standard InChI is InChI=1S/C16H22N2O2/c17-15-5-1-3-13(11-15)6-7-16(20)18-9-2-4-14(12-18)8-10-19/h1,3,5-7,11,14,19H,2,4,8-10,12,17H2/b7-6+. The maximum absolute atomic E-state index is 12.2. The molecule has 0 saturated carbocycles. The second-order valence-electron chi connectivity index (χ2n) is 5.31. The summed E-state index contributed by atoms with van der Waals surface area (Å²) in [7, 11) is 0. The minimum Gasteiger partial charge on any atom is -0.399 e. The van der Waals surface area contributed by atoms with Crippen LogP contribution < -0.4 is 5.73 Å². The fourth-order valence-electron chi connectivity index (χ4n) is 2.62. The number of rotatable bonds is 4. The summed E-state index contributed by atoms with van der Waals surface area (Å²) in [6.07, 6.45) is 6.30. The quantitative estimate of drug-likeness (QED) is 0.651. The Bertz CT molecular complexity index is 483. The molecule has 1 aromatic carbocycles. The number of nitrogens with two attached hydrogens (primary N) is 1. The van der Waals surface area contributed by atoms with Crippen LogP contribution in [0.5, 0.6) is 0 Å². The Morgan fingerprint density at radius 1 is 1.50 bits per heavy atom. The predicted molar refractivity (Wildman–Crippen MR) is 80.9 cm³/mol. The zero-order chi connectivity index (χ0) is 14.4. The zero-order valence-corrected chi connectivity index (χ0v) is 11.7. The highest BCUT2D eigenvalue weighted by Gasteiger charge is 2.21. The molecule has 0 bridgehead atoms. The molecule has 1 heterocycles. The summed E-state index contributed by atoms with van der Waals surface area (Å²) in [5.41, 5.74) is 7.33. The van der Waals surface area contributed by atoms with E-state index in [1.165, 1.54) is 0 Å². The van der Waals surface area contributed by atoms with E-state index in [-0.39, 0.29) is 12.5 Å². The third kappa shape index (κ3) is 4.10. The lowest BCUT2D eigenvalue weighted by Crippen LogP contribution is -2.39. The predicted octanol–water partition coefficient (Wildman–Crippen LogP) is 1.90. The van der Waals surface area contributed by atoms with Crippen LogP contribution in [0, 0.1) is 5.92 Å². The third-order valence-corrected chi connectivity index (χ3v) is 3.70. The number of aliphatic hydroxyl groups is 1. The van der Waals surface area contributed by atoms with E-state index in [0.29, 0.717) is 11.6 Å². The first-order chi connectivity index (χ1) is 9.69. The number of benzene rings is 1. The summed E-state index contributed by atoms with van der Waals surface area (Å²) in [5.74, 6) is 0.466. The van der Waals surface area contributed by atoms with Crippen molar-refractivity contribution >= 4 is 17.7 Å². The van der Waals surface area contributed by atoms with E-state index in [4.69, 9.17) is 10.8 Å². The largest absolute Gasteiger partial charge is 0.399 e. The van der Waals surface area contributed by atoms with Gasteiger partial charge in [0, 0.05) is 31.5 Å². The number of nitrogen functional groups attached to an aromatic ring is 1. The van der Waals surface area contributed by atoms with Gasteiger partial charge >= 0.3 is 0 Å². The van der Waals surface area contributed by atoms with Gasteiger partial charge in [-0.05, 0) is 49.0 Å². The molecule has 4 nitrogen and oxygen atoms in total. The minimum absolute atomic E-state index is 0.0371. The maximum atomic E-state index is 12.2. The van der Waals surface area contributed by atoms with Gasteiger partial charge in [0.2, 0.25) is 5.91 Å². The van der Waals surface area contributed by atoms with Crippen LogP contribution in [-0.4, -0.2) is 35.6 Å². The first-order valence-corrected chi connectivity index (χ1v) is 7.12. The van der Waals surface area contributed by atoms with Gasteiger partial charge in [-0.1, -0.05) is 12.1 Å². The van der Waals surface area contributed by atoms with Crippen molar-refractivity contribution in [3.05, 3.63) is 35.9 Å². The fraction of sp³-hybridized carbons (Fsp3) is 0.438. The van der Waals surface area contributed by atoms with E-state index in [9.17, 15) is 4.79 Å². The van der Waals surface area contributed by atoms with Crippen molar-refractivity contribution < 1.29 is 9.90 Å². The number of likely N-dealkylation sites (tertiary alicyclic amines) is 1. The summed E-state index contributed by atoms with van der Waals surface area (Å²) in [6, 6.07) is 7.46. The SMILES string of the molecule is Nc1cccc(/C=C/C(=O)N2CCCC(CCO)C2)c1. The van der Waals surface area contributed by atoms with Crippen LogP contribution >= 0.6 is 0 Å². The fourth-order valence-corrected chi connectivity index (χ4v) is 2.62. The number of anilines is 1. The van der Waals surface area contributed by atoms with Crippen LogP contribution in [0.25, 0.3) is 6.08 Å². The molecule has 0 spiro atoms. The van der Waals surface area contributed by atoms with Crippen molar-refractivity contribution in [1.82, 2.24) is 4.90 Å². The Hall–Kier alpha value is -1.81. The van der Waals surface area contributed by atoms with Crippen molar-refractivity contribution in [3.8, 4) is 0 Å². The first kappa shape index (κ1) is 14.6. The van der Waals surface area contributed by atoms with E-state index in [2.05, 4.69) is 0 Å². The molecule has 20 heavy (non-hydrogen) atoms. The van der Waals surface area contributed by atoms with Gasteiger partial charge in [-0.25, -0.2) is 0 Å². The highest BCUT2D eigenvalue weighted by molar-refractivity contribution is 5.92. The highest BCUT2D eigenvalue weighted by Crippen LogP contribution is 2.19. The van der Waals surface area contributed by atoms with Crippen molar-refractivity contribution in [3.63, 3.8) is 0 Å². The van der Waals surface area contributed by atoms with E-state index in [1.54, 1.807) is 12.2 Å². The van der Waals surface area contributed by atoms with Crippen LogP contribution in [0.4, 0.5) is 5.69 Å². The normalized spacial score (nSPS) is 19.4. The lowest BCUT2D eigenvalue weighted by molar-refractivity contribution is -0.127. The lowest BCUT2D eigenvalue weighted by atomic mass is 9.95. The number of piperidine rings is 1. The molecule has 4 heteroatoms. The van der Waals surface area contributed by atoms with Crippen LogP contribution in [-0.2, 0) is 4.79 Å². The molecule has 2 rings (SSSR count). The van der Waals surface area contributed by atoms with E-state index >= 15 is 0 Å². The third-order valence-electron chi connectivity index (χ3n) is 3.70. The zero-order valence-electron chi connectivity index (χ0n) is 11.7. The maximum Gasteiger partial charge on any atom is 0.246 e. The van der Waals surface area contributed by atoms with Crippen LogP contribution in [0.3, 0.4) is 0 Å².